The molecule has 0 unspecified atom stereocenters. The van der Waals surface area contributed by atoms with E-state index in [1.807, 2.05) is 0 Å². The quantitative estimate of drug-likeness (QED) is 0.0988. The van der Waals surface area contributed by atoms with E-state index < -0.39 is 0 Å². The van der Waals surface area contributed by atoms with E-state index in [0.717, 1.165) is 66.8 Å². The first kappa shape index (κ1) is 58.4. The van der Waals surface area contributed by atoms with Crippen LogP contribution in [-0.4, -0.2) is 66.0 Å². The minimum atomic E-state index is -0.306. The summed E-state index contributed by atoms with van der Waals surface area (Å²) >= 11 is 0. The first-order valence-corrected chi connectivity index (χ1v) is 28.0. The molecule has 0 spiro atoms. The molecule has 428 valence electrons. The molecule has 82 heavy (non-hydrogen) atoms. The number of aromatic hydroxyl groups is 2. The summed E-state index contributed by atoms with van der Waals surface area (Å²) in [5.41, 5.74) is 11.5. The van der Waals surface area contributed by atoms with Crippen molar-refractivity contribution in [1.29, 1.82) is 0 Å². The van der Waals surface area contributed by atoms with Crippen molar-refractivity contribution in [3.63, 3.8) is 0 Å². The van der Waals surface area contributed by atoms with Crippen LogP contribution in [0.2, 0.25) is 0 Å². The predicted octanol–water partition coefficient (Wildman–Crippen LogP) is 13.1. The molecular weight excluding hydrogens is 1030 g/mol. The Kier molecular flexibility index (Phi) is 16.3. The van der Waals surface area contributed by atoms with E-state index in [4.69, 9.17) is 18.9 Å². The SMILES string of the molecule is COc1ccc(C(=O)Cn2cc(COc3c4cc(C(C)(C)C)cc3Cc3cc(C(C)(C)C)cc(c3O)Cc3cc(C(C)(C)C)cc(c3OCc3cn(CC(=O)c5ccc(OC)cc5)nn3)Cc3cc(C(C)(C)C)cc(c3O)C4)nn2)cc1. The third-order valence-electron chi connectivity index (χ3n) is 15.3. The van der Waals surface area contributed by atoms with Crippen LogP contribution in [0.3, 0.4) is 0 Å². The highest BCUT2D eigenvalue weighted by molar-refractivity contribution is 5.96. The number of fused-ring (bicyclic) bond motifs is 8. The number of benzene rings is 6. The molecule has 0 atom stereocenters. The molecule has 2 heterocycles. The fraction of sp³-hybridized carbons (Fsp3) is 0.382. The third kappa shape index (κ3) is 13.4. The highest BCUT2D eigenvalue weighted by Gasteiger charge is 2.29. The van der Waals surface area contributed by atoms with Crippen LogP contribution in [-0.2, 0) is 73.6 Å². The van der Waals surface area contributed by atoms with Gasteiger partial charge in [-0.15, -0.1) is 10.2 Å². The number of carbonyl (C=O) groups is 2. The highest BCUT2D eigenvalue weighted by Crippen LogP contribution is 2.44. The molecule has 1 aliphatic rings. The number of hydrogen-bond acceptors (Lipinski definition) is 12. The summed E-state index contributed by atoms with van der Waals surface area (Å²) in [4.78, 5) is 26.7. The van der Waals surface area contributed by atoms with Crippen LogP contribution in [0.15, 0.2) is 109 Å². The first-order chi connectivity index (χ1) is 38.6. The molecule has 14 nitrogen and oxygen atoms in total. The largest absolute Gasteiger partial charge is 0.507 e. The fourth-order valence-electron chi connectivity index (χ4n) is 10.3. The van der Waals surface area contributed by atoms with Crippen molar-refractivity contribution >= 4 is 11.6 Å². The van der Waals surface area contributed by atoms with Crippen LogP contribution in [0.25, 0.3) is 0 Å². The summed E-state index contributed by atoms with van der Waals surface area (Å²) in [6.45, 7) is 26.3. The Labute approximate surface area is 482 Å². The van der Waals surface area contributed by atoms with Gasteiger partial charge in [0.15, 0.2) is 11.6 Å². The minimum Gasteiger partial charge on any atom is -0.507 e. The van der Waals surface area contributed by atoms with Crippen molar-refractivity contribution in [2.75, 3.05) is 14.2 Å². The Morgan fingerprint density at radius 3 is 0.963 bits per heavy atom. The molecule has 8 aromatic rings. The smallest absolute Gasteiger partial charge is 0.184 e. The van der Waals surface area contributed by atoms with Crippen LogP contribution in [0.5, 0.6) is 34.5 Å². The molecule has 2 N–H and O–H groups in total. The third-order valence-corrected chi connectivity index (χ3v) is 15.3. The molecule has 0 amide bonds. The number of hydrogen-bond donors (Lipinski definition) is 2. The van der Waals surface area contributed by atoms with Gasteiger partial charge in [-0.25, -0.2) is 9.36 Å². The van der Waals surface area contributed by atoms with Gasteiger partial charge in [0.05, 0.1) is 26.6 Å². The van der Waals surface area contributed by atoms with Gasteiger partial charge in [0, 0.05) is 36.8 Å². The van der Waals surface area contributed by atoms with E-state index in [1.54, 1.807) is 75.1 Å². The molecule has 14 heteroatoms. The summed E-state index contributed by atoms with van der Waals surface area (Å²) in [5, 5.41) is 43.3. The lowest BCUT2D eigenvalue weighted by Gasteiger charge is -2.28. The summed E-state index contributed by atoms with van der Waals surface area (Å²) < 4.78 is 27.6. The number of phenols is 2. The van der Waals surface area contributed by atoms with Crippen molar-refractivity contribution in [3.05, 3.63) is 199 Å². The average Bonchev–Trinajstić information content (AvgIpc) is 4.18. The van der Waals surface area contributed by atoms with E-state index in [-0.39, 0.29) is 71.0 Å². The molecule has 0 saturated carbocycles. The molecule has 9 rings (SSSR count). The molecule has 0 aliphatic heterocycles. The van der Waals surface area contributed by atoms with Gasteiger partial charge in [0.25, 0.3) is 0 Å². The first-order valence-electron chi connectivity index (χ1n) is 28.0. The number of ether oxygens (including phenoxy) is 4. The fourth-order valence-corrected chi connectivity index (χ4v) is 10.3. The molecule has 8 bridgehead atoms. The number of rotatable bonds is 14. The van der Waals surface area contributed by atoms with Crippen LogP contribution in [0.1, 0.15) is 182 Å². The Hall–Kier alpha value is -8.26. The zero-order chi connectivity index (χ0) is 59.1. The Morgan fingerprint density at radius 1 is 0.439 bits per heavy atom. The van der Waals surface area contributed by atoms with E-state index in [1.165, 1.54) is 9.36 Å². The number of aromatic nitrogens is 6. The summed E-state index contributed by atoms with van der Waals surface area (Å²) in [5.74, 6) is 2.66. The number of Topliss-reactive ketones (excluding diaryl/α,β-unsaturated/α-hetero) is 2. The Balaban J connectivity index is 1.17. The normalized spacial score (nSPS) is 13.0. The molecule has 6 aromatic carbocycles. The molecule has 0 fully saturated rings. The van der Waals surface area contributed by atoms with E-state index in [2.05, 4.69) is 152 Å². The van der Waals surface area contributed by atoms with E-state index in [9.17, 15) is 19.8 Å². The van der Waals surface area contributed by atoms with E-state index in [0.29, 0.717) is 71.2 Å². The molecule has 0 saturated heterocycles. The Morgan fingerprint density at radius 2 is 0.707 bits per heavy atom. The van der Waals surface area contributed by atoms with Gasteiger partial charge in [0.1, 0.15) is 72.2 Å². The van der Waals surface area contributed by atoms with Gasteiger partial charge >= 0.3 is 0 Å². The zero-order valence-corrected chi connectivity index (χ0v) is 50.1. The van der Waals surface area contributed by atoms with Gasteiger partial charge in [-0.2, -0.15) is 0 Å². The molecular formula is C68H78N6O8. The van der Waals surface area contributed by atoms with Crippen molar-refractivity contribution < 1.29 is 38.7 Å². The second kappa shape index (κ2) is 22.9. The number of methoxy groups -OCH3 is 2. The van der Waals surface area contributed by atoms with Crippen LogP contribution >= 0.6 is 0 Å². The second-order valence-corrected chi connectivity index (χ2v) is 25.9. The second-order valence-electron chi connectivity index (χ2n) is 25.9. The van der Waals surface area contributed by atoms with Crippen LogP contribution < -0.4 is 18.9 Å². The van der Waals surface area contributed by atoms with Gasteiger partial charge in [-0.3, -0.25) is 9.59 Å². The minimum absolute atomic E-state index is 0.0129. The predicted molar refractivity (Wildman–Crippen MR) is 318 cm³/mol. The van der Waals surface area contributed by atoms with Crippen LogP contribution in [0.4, 0.5) is 0 Å². The average molecular weight is 1110 g/mol. The van der Waals surface area contributed by atoms with Gasteiger partial charge in [0.2, 0.25) is 0 Å². The number of phenolic OH excluding ortho intramolecular Hbond substituents is 2. The standard InChI is InChI=1S/C68H78N6O8/c1-65(2,3)51-27-43-23-47-31-53(67(7,8)9)33-49(63(47)81-39-55-35-73(71-69-55)37-59(75)41-15-19-57(79-13)20-16-41)25-45-29-52(66(4,5)6)30-46(62(45)78)26-50-34-54(68(10,11)12)32-48(24-44(28-51)61(43)77)64(50)82-40-56-36-74(72-70-56)38-60(76)42-17-21-58(80-14)22-18-42/h15-22,27-36,77-78H,23-26,37-40H2,1-14H3. The lowest BCUT2D eigenvalue weighted by molar-refractivity contribution is 0.0958. The lowest BCUT2D eigenvalue weighted by atomic mass is 9.79. The van der Waals surface area contributed by atoms with Crippen molar-refractivity contribution in [2.45, 2.75) is 157 Å². The van der Waals surface area contributed by atoms with Gasteiger partial charge in [-0.1, -0.05) is 142 Å². The molecule has 2 aromatic heterocycles. The van der Waals surface area contributed by atoms with Crippen molar-refractivity contribution in [1.82, 2.24) is 30.0 Å². The van der Waals surface area contributed by atoms with Gasteiger partial charge in [-0.05, 0) is 137 Å². The van der Waals surface area contributed by atoms with Crippen molar-refractivity contribution in [2.24, 2.45) is 0 Å². The number of carbonyl (C=O) groups excluding carboxylic acids is 2. The highest BCUT2D eigenvalue weighted by atomic mass is 16.5. The maximum absolute atomic E-state index is 13.3. The lowest BCUT2D eigenvalue weighted by Crippen LogP contribution is -2.16. The van der Waals surface area contributed by atoms with E-state index >= 15 is 0 Å². The summed E-state index contributed by atoms with van der Waals surface area (Å²) in [7, 11) is 3.17. The maximum Gasteiger partial charge on any atom is 0.184 e. The molecule has 1 aliphatic carbocycles. The monoisotopic (exact) mass is 1110 g/mol. The maximum atomic E-state index is 13.3. The van der Waals surface area contributed by atoms with Crippen molar-refractivity contribution in [3.8, 4) is 34.5 Å². The zero-order valence-electron chi connectivity index (χ0n) is 50.1. The van der Waals surface area contributed by atoms with Crippen LogP contribution in [0, 0.1) is 0 Å². The number of nitrogens with zero attached hydrogens (tertiary/aromatic N) is 6. The summed E-state index contributed by atoms with van der Waals surface area (Å²) in [6.07, 6.45) is 4.70. The Bertz CT molecular complexity index is 3320. The summed E-state index contributed by atoms with van der Waals surface area (Å²) in [6, 6.07) is 31.1. The van der Waals surface area contributed by atoms with Gasteiger partial charge < -0.3 is 29.2 Å². The topological polar surface area (TPSA) is 173 Å². The number of ketones is 2. The molecule has 0 radical (unpaired) electrons.